The summed E-state index contributed by atoms with van der Waals surface area (Å²) < 4.78 is 11.9. The van der Waals surface area contributed by atoms with Crippen molar-refractivity contribution in [3.8, 4) is 11.6 Å². The van der Waals surface area contributed by atoms with Gasteiger partial charge in [0, 0.05) is 17.0 Å². The number of nitrogens with one attached hydrogen (secondary N) is 2. The summed E-state index contributed by atoms with van der Waals surface area (Å²) in [5.74, 6) is -0.360. The van der Waals surface area contributed by atoms with Crippen LogP contribution in [0.2, 0.25) is 0 Å². The monoisotopic (exact) mass is 437 g/mol. The maximum Gasteiger partial charge on any atom is 0.514 e. The molecule has 166 valence electrons. The topological polar surface area (TPSA) is 119 Å². The number of aromatic nitrogens is 1. The highest BCUT2D eigenvalue weighted by Crippen LogP contribution is 2.34. The Kier molecular flexibility index (Phi) is 5.04. The van der Waals surface area contributed by atoms with E-state index in [-0.39, 0.29) is 18.2 Å². The quantitative estimate of drug-likeness (QED) is 0.327. The first-order valence-corrected chi connectivity index (χ1v) is 9.99. The number of urea groups is 1. The molecule has 0 bridgehead atoms. The summed E-state index contributed by atoms with van der Waals surface area (Å²) in [6, 6.07) is 12.9. The molecule has 32 heavy (non-hydrogen) atoms. The molecular weight excluding hydrogens is 414 g/mol. The van der Waals surface area contributed by atoms with Gasteiger partial charge in [0.1, 0.15) is 11.4 Å². The van der Waals surface area contributed by atoms with Crippen molar-refractivity contribution < 1.29 is 29.0 Å². The van der Waals surface area contributed by atoms with E-state index in [2.05, 4.69) is 10.6 Å². The van der Waals surface area contributed by atoms with E-state index in [0.717, 1.165) is 0 Å². The Morgan fingerprint density at radius 1 is 1.12 bits per heavy atom. The van der Waals surface area contributed by atoms with Crippen molar-refractivity contribution in [3.63, 3.8) is 0 Å². The third-order valence-corrected chi connectivity index (χ3v) is 5.04. The number of carbonyl (C=O) groups excluding carboxylic acids is 3. The molecule has 1 aromatic heterocycles. The molecule has 0 aliphatic carbocycles. The molecule has 3 amide bonds. The second-order valence-electron chi connectivity index (χ2n) is 8.58. The summed E-state index contributed by atoms with van der Waals surface area (Å²) in [5, 5.41) is 16.8. The van der Waals surface area contributed by atoms with Gasteiger partial charge >= 0.3 is 12.2 Å². The number of rotatable bonds is 4. The molecule has 2 aromatic carbocycles. The standard InChI is InChI=1S/C23H23N3O6/c1-22(2,3)32-21(30)31-16-9-10-17-14(11-16)12-26(18(17)27)13-23(15-7-5-4-6-8-15)19(28)24-20(29)25-23/h4-12,27H,13H2,1-3H3,(H2,24,25,28,29). The molecule has 0 saturated carbocycles. The smallest absolute Gasteiger partial charge is 0.494 e. The summed E-state index contributed by atoms with van der Waals surface area (Å²) in [4.78, 5) is 36.7. The fourth-order valence-corrected chi connectivity index (χ4v) is 3.66. The zero-order chi connectivity index (χ0) is 23.1. The van der Waals surface area contributed by atoms with E-state index in [1.807, 2.05) is 0 Å². The van der Waals surface area contributed by atoms with Crippen LogP contribution in [0.1, 0.15) is 26.3 Å². The van der Waals surface area contributed by atoms with Gasteiger partial charge in [-0.2, -0.15) is 0 Å². The third-order valence-electron chi connectivity index (χ3n) is 5.04. The first kappa shape index (κ1) is 21.2. The average molecular weight is 437 g/mol. The van der Waals surface area contributed by atoms with Crippen molar-refractivity contribution >= 4 is 28.9 Å². The van der Waals surface area contributed by atoms with Gasteiger partial charge in [-0.05, 0) is 44.5 Å². The van der Waals surface area contributed by atoms with E-state index in [4.69, 9.17) is 9.47 Å². The second kappa shape index (κ2) is 7.60. The highest BCUT2D eigenvalue weighted by atomic mass is 16.7. The maximum absolute atomic E-state index is 12.8. The number of imide groups is 1. The van der Waals surface area contributed by atoms with Crippen molar-refractivity contribution in [2.24, 2.45) is 0 Å². The van der Waals surface area contributed by atoms with Gasteiger partial charge in [0.05, 0.1) is 6.54 Å². The van der Waals surface area contributed by atoms with Crippen LogP contribution in [0.5, 0.6) is 11.6 Å². The average Bonchev–Trinajstić information content (AvgIpc) is 3.17. The highest BCUT2D eigenvalue weighted by Gasteiger charge is 2.48. The van der Waals surface area contributed by atoms with Gasteiger partial charge < -0.3 is 24.5 Å². The van der Waals surface area contributed by atoms with E-state index >= 15 is 0 Å². The van der Waals surface area contributed by atoms with E-state index in [1.54, 1.807) is 69.4 Å². The lowest BCUT2D eigenvalue weighted by atomic mass is 9.90. The number of hydrogen-bond donors (Lipinski definition) is 3. The minimum Gasteiger partial charge on any atom is -0.494 e. The number of fused-ring (bicyclic) bond motifs is 1. The fourth-order valence-electron chi connectivity index (χ4n) is 3.66. The number of carbonyl (C=O) groups is 3. The maximum atomic E-state index is 12.8. The number of amides is 3. The van der Waals surface area contributed by atoms with Crippen LogP contribution in [0.4, 0.5) is 9.59 Å². The largest absolute Gasteiger partial charge is 0.514 e. The van der Waals surface area contributed by atoms with E-state index in [0.29, 0.717) is 16.3 Å². The van der Waals surface area contributed by atoms with Crippen molar-refractivity contribution in [1.82, 2.24) is 15.2 Å². The van der Waals surface area contributed by atoms with Crippen molar-refractivity contribution in [3.05, 3.63) is 60.3 Å². The lowest BCUT2D eigenvalue weighted by Crippen LogP contribution is -2.47. The molecule has 1 saturated heterocycles. The first-order valence-electron chi connectivity index (χ1n) is 9.99. The highest BCUT2D eigenvalue weighted by molar-refractivity contribution is 6.07. The molecule has 4 rings (SSSR count). The molecule has 9 heteroatoms. The third kappa shape index (κ3) is 3.96. The van der Waals surface area contributed by atoms with Crippen molar-refractivity contribution in [2.75, 3.05) is 0 Å². The van der Waals surface area contributed by atoms with Crippen LogP contribution < -0.4 is 15.4 Å². The summed E-state index contributed by atoms with van der Waals surface area (Å²) in [6.07, 6.45) is 0.781. The lowest BCUT2D eigenvalue weighted by molar-refractivity contribution is -0.124. The molecule has 1 atom stereocenters. The molecular formula is C23H23N3O6. The van der Waals surface area contributed by atoms with Crippen molar-refractivity contribution in [1.29, 1.82) is 0 Å². The number of hydrogen-bond acceptors (Lipinski definition) is 6. The van der Waals surface area contributed by atoms with E-state index in [1.165, 1.54) is 10.6 Å². The molecule has 3 aromatic rings. The molecule has 1 unspecified atom stereocenters. The van der Waals surface area contributed by atoms with E-state index in [9.17, 15) is 19.5 Å². The Labute approximate surface area is 183 Å². The SMILES string of the molecule is CC(C)(C)OC(=O)Oc1ccc2c(O)n(CC3(c4ccccc4)NC(=O)NC3=O)cc2c1. The van der Waals surface area contributed by atoms with Crippen LogP contribution in [0, 0.1) is 0 Å². The van der Waals surface area contributed by atoms with Crippen LogP contribution in [-0.2, 0) is 21.6 Å². The number of ether oxygens (including phenoxy) is 2. The minimum atomic E-state index is -1.39. The summed E-state index contributed by atoms with van der Waals surface area (Å²) in [6.45, 7) is 5.15. The van der Waals surface area contributed by atoms with Gasteiger partial charge in [-0.3, -0.25) is 10.1 Å². The van der Waals surface area contributed by atoms with Gasteiger partial charge in [0.2, 0.25) is 0 Å². The van der Waals surface area contributed by atoms with Gasteiger partial charge in [-0.15, -0.1) is 0 Å². The molecule has 2 heterocycles. The molecule has 9 nitrogen and oxygen atoms in total. The number of nitrogens with zero attached hydrogens (tertiary/aromatic N) is 1. The Bertz CT molecular complexity index is 1210. The Morgan fingerprint density at radius 2 is 1.84 bits per heavy atom. The second-order valence-corrected chi connectivity index (χ2v) is 8.58. The number of benzene rings is 2. The Morgan fingerprint density at radius 3 is 2.47 bits per heavy atom. The predicted molar refractivity (Wildman–Crippen MR) is 115 cm³/mol. The first-order chi connectivity index (χ1) is 15.1. The normalized spacial score (nSPS) is 18.3. The minimum absolute atomic E-state index is 0.0443. The molecule has 0 spiro atoms. The predicted octanol–water partition coefficient (Wildman–Crippen LogP) is 3.40. The Hall–Kier alpha value is -4.01. The Balaban J connectivity index is 1.67. The van der Waals surface area contributed by atoms with E-state index < -0.39 is 29.2 Å². The fraction of sp³-hybridized carbons (Fsp3) is 0.261. The van der Waals surface area contributed by atoms with Crippen LogP contribution in [0.25, 0.3) is 10.8 Å². The van der Waals surface area contributed by atoms with Crippen LogP contribution in [0.15, 0.2) is 54.7 Å². The zero-order valence-corrected chi connectivity index (χ0v) is 17.8. The summed E-state index contributed by atoms with van der Waals surface area (Å²) >= 11 is 0. The summed E-state index contributed by atoms with van der Waals surface area (Å²) in [5.41, 5.74) is -1.50. The van der Waals surface area contributed by atoms with Crippen molar-refractivity contribution in [2.45, 2.75) is 38.5 Å². The lowest BCUT2D eigenvalue weighted by Gasteiger charge is -2.27. The molecule has 1 aliphatic rings. The molecule has 3 N–H and O–H groups in total. The van der Waals surface area contributed by atoms with Gasteiger partial charge in [0.25, 0.3) is 5.91 Å². The zero-order valence-electron chi connectivity index (χ0n) is 17.8. The van der Waals surface area contributed by atoms with Crippen LogP contribution in [0.3, 0.4) is 0 Å². The molecule has 0 radical (unpaired) electrons. The summed E-state index contributed by atoms with van der Waals surface area (Å²) in [7, 11) is 0. The van der Waals surface area contributed by atoms with Gasteiger partial charge in [0.15, 0.2) is 11.4 Å². The van der Waals surface area contributed by atoms with Gasteiger partial charge in [-0.1, -0.05) is 30.3 Å². The molecule has 1 aliphatic heterocycles. The molecule has 1 fully saturated rings. The number of aromatic hydroxyl groups is 1. The van der Waals surface area contributed by atoms with Gasteiger partial charge in [-0.25, -0.2) is 9.59 Å². The van der Waals surface area contributed by atoms with Crippen LogP contribution >= 0.6 is 0 Å². The van der Waals surface area contributed by atoms with Crippen LogP contribution in [-0.4, -0.2) is 33.4 Å².